The molecule has 9 nitrogen and oxygen atoms in total. The van der Waals surface area contributed by atoms with Crippen molar-refractivity contribution in [1.82, 2.24) is 25.4 Å². The van der Waals surface area contributed by atoms with Gasteiger partial charge in [-0.05, 0) is 45.4 Å². The number of hydrogen-bond acceptors (Lipinski definition) is 6. The number of hydrogen-bond donors (Lipinski definition) is 3. The third-order valence-corrected chi connectivity index (χ3v) is 6.41. The van der Waals surface area contributed by atoms with Crippen LogP contribution >= 0.6 is 0 Å². The zero-order chi connectivity index (χ0) is 22.0. The van der Waals surface area contributed by atoms with Crippen LogP contribution in [0, 0.1) is 0 Å². The van der Waals surface area contributed by atoms with Gasteiger partial charge in [0.05, 0.1) is 12.0 Å². The molecule has 0 spiro atoms. The minimum absolute atomic E-state index is 0.0450. The molecule has 0 saturated carbocycles. The Morgan fingerprint density at radius 1 is 1.26 bits per heavy atom. The molecule has 31 heavy (non-hydrogen) atoms. The molecule has 0 bridgehead atoms. The average molecular weight is 430 g/mol. The zero-order valence-corrected chi connectivity index (χ0v) is 18.1. The molecular formula is C22H31N5O4. The van der Waals surface area contributed by atoms with Crippen LogP contribution in [0.5, 0.6) is 0 Å². The quantitative estimate of drug-likeness (QED) is 0.665. The molecule has 3 N–H and O–H groups in total. The van der Waals surface area contributed by atoms with Gasteiger partial charge in [0.15, 0.2) is 5.58 Å². The highest BCUT2D eigenvalue weighted by Gasteiger charge is 2.36. The second-order valence-corrected chi connectivity index (χ2v) is 8.61. The minimum Gasteiger partial charge on any atom is -0.465 e. The molecule has 1 aromatic heterocycles. The van der Waals surface area contributed by atoms with Crippen LogP contribution in [0.25, 0.3) is 11.1 Å². The number of carboxylic acid groups (broad SMARTS) is 1. The van der Waals surface area contributed by atoms with E-state index in [9.17, 15) is 14.7 Å². The Kier molecular flexibility index (Phi) is 6.43. The highest BCUT2D eigenvalue weighted by atomic mass is 16.4. The summed E-state index contributed by atoms with van der Waals surface area (Å²) >= 11 is 0. The summed E-state index contributed by atoms with van der Waals surface area (Å²) in [6, 6.07) is 7.49. The van der Waals surface area contributed by atoms with E-state index in [-0.39, 0.29) is 30.0 Å². The highest BCUT2D eigenvalue weighted by molar-refractivity contribution is 5.83. The van der Waals surface area contributed by atoms with Crippen LogP contribution in [0.2, 0.25) is 0 Å². The number of rotatable bonds is 5. The lowest BCUT2D eigenvalue weighted by atomic mass is 9.90. The second-order valence-electron chi connectivity index (χ2n) is 8.61. The first-order chi connectivity index (χ1) is 14.9. The van der Waals surface area contributed by atoms with Crippen molar-refractivity contribution in [2.75, 3.05) is 32.7 Å². The topological polar surface area (TPSA) is 111 Å². The monoisotopic (exact) mass is 429 g/mol. The van der Waals surface area contributed by atoms with Crippen molar-refractivity contribution in [2.24, 2.45) is 0 Å². The molecule has 4 rings (SSSR count). The number of oxazole rings is 1. The maximum absolute atomic E-state index is 13.0. The van der Waals surface area contributed by atoms with Crippen LogP contribution < -0.4 is 10.6 Å². The Balaban J connectivity index is 1.35. The SMILES string of the molecule is C[C@@H]1CN(C(=O)O)C[C@H](C)N1CCNC(=O)[C@H]1NCCCC1c1nc2ccccc2o1. The maximum atomic E-state index is 13.0. The Bertz CT molecular complexity index is 887. The summed E-state index contributed by atoms with van der Waals surface area (Å²) in [5.74, 6) is 0.468. The second kappa shape index (κ2) is 9.23. The van der Waals surface area contributed by atoms with Crippen LogP contribution in [0.3, 0.4) is 0 Å². The molecule has 2 saturated heterocycles. The summed E-state index contributed by atoms with van der Waals surface area (Å²) in [7, 11) is 0. The van der Waals surface area contributed by atoms with Gasteiger partial charge in [-0.25, -0.2) is 9.78 Å². The molecule has 2 aliphatic rings. The fourth-order valence-corrected chi connectivity index (χ4v) is 4.85. The summed E-state index contributed by atoms with van der Waals surface area (Å²) in [4.78, 5) is 32.6. The highest BCUT2D eigenvalue weighted by Crippen LogP contribution is 2.30. The van der Waals surface area contributed by atoms with Crippen LogP contribution in [0.15, 0.2) is 28.7 Å². The van der Waals surface area contributed by atoms with E-state index in [2.05, 4.69) is 20.5 Å². The van der Waals surface area contributed by atoms with Crippen molar-refractivity contribution in [3.8, 4) is 0 Å². The van der Waals surface area contributed by atoms with Crippen molar-refractivity contribution < 1.29 is 19.1 Å². The largest absolute Gasteiger partial charge is 0.465 e. The lowest BCUT2D eigenvalue weighted by molar-refractivity contribution is -0.124. The molecule has 2 fully saturated rings. The van der Waals surface area contributed by atoms with Gasteiger partial charge in [0.2, 0.25) is 11.8 Å². The molecule has 2 amide bonds. The predicted octanol–water partition coefficient (Wildman–Crippen LogP) is 1.85. The van der Waals surface area contributed by atoms with E-state index >= 15 is 0 Å². The van der Waals surface area contributed by atoms with Crippen molar-refractivity contribution >= 4 is 23.1 Å². The Labute approximate surface area is 181 Å². The van der Waals surface area contributed by atoms with Gasteiger partial charge in [-0.2, -0.15) is 0 Å². The van der Waals surface area contributed by atoms with Crippen molar-refractivity contribution in [1.29, 1.82) is 0 Å². The van der Waals surface area contributed by atoms with E-state index in [4.69, 9.17) is 4.42 Å². The lowest BCUT2D eigenvalue weighted by Crippen LogP contribution is -2.59. The normalized spacial score (nSPS) is 27.4. The maximum Gasteiger partial charge on any atom is 0.407 e. The van der Waals surface area contributed by atoms with E-state index in [0.717, 1.165) is 30.5 Å². The Morgan fingerprint density at radius 3 is 2.71 bits per heavy atom. The van der Waals surface area contributed by atoms with E-state index in [1.165, 1.54) is 4.90 Å². The van der Waals surface area contributed by atoms with E-state index in [1.54, 1.807) is 0 Å². The molecule has 168 valence electrons. The number of nitrogens with zero attached hydrogens (tertiary/aromatic N) is 3. The van der Waals surface area contributed by atoms with Gasteiger partial charge in [-0.1, -0.05) is 12.1 Å². The van der Waals surface area contributed by atoms with Gasteiger partial charge in [0.25, 0.3) is 0 Å². The van der Waals surface area contributed by atoms with Gasteiger partial charge in [0.1, 0.15) is 5.52 Å². The van der Waals surface area contributed by atoms with Gasteiger partial charge in [-0.3, -0.25) is 9.69 Å². The average Bonchev–Trinajstić information content (AvgIpc) is 3.19. The zero-order valence-electron chi connectivity index (χ0n) is 18.1. The molecule has 0 aliphatic carbocycles. The fourth-order valence-electron chi connectivity index (χ4n) is 4.85. The third kappa shape index (κ3) is 4.67. The van der Waals surface area contributed by atoms with Crippen LogP contribution in [0.4, 0.5) is 4.79 Å². The molecule has 1 aromatic carbocycles. The van der Waals surface area contributed by atoms with Crippen molar-refractivity contribution in [3.63, 3.8) is 0 Å². The fraction of sp³-hybridized carbons (Fsp3) is 0.591. The molecular weight excluding hydrogens is 398 g/mol. The molecule has 2 aliphatic heterocycles. The Hall–Kier alpha value is -2.65. The summed E-state index contributed by atoms with van der Waals surface area (Å²) in [5.41, 5.74) is 1.55. The van der Waals surface area contributed by atoms with Crippen LogP contribution in [-0.4, -0.2) is 82.7 Å². The molecule has 9 heteroatoms. The molecule has 3 heterocycles. The van der Waals surface area contributed by atoms with Gasteiger partial charge in [-0.15, -0.1) is 0 Å². The molecule has 2 aromatic rings. The number of piperazine rings is 1. The van der Waals surface area contributed by atoms with E-state index in [1.807, 2.05) is 38.1 Å². The molecule has 0 radical (unpaired) electrons. The Morgan fingerprint density at radius 2 is 2.00 bits per heavy atom. The van der Waals surface area contributed by atoms with E-state index in [0.29, 0.717) is 32.1 Å². The predicted molar refractivity (Wildman–Crippen MR) is 116 cm³/mol. The van der Waals surface area contributed by atoms with Gasteiger partial charge >= 0.3 is 6.09 Å². The van der Waals surface area contributed by atoms with Crippen LogP contribution in [0.1, 0.15) is 38.5 Å². The number of benzene rings is 1. The number of carbonyl (C=O) groups excluding carboxylic acids is 1. The number of para-hydroxylation sites is 2. The first kappa shape index (κ1) is 21.6. The number of carbonyl (C=O) groups is 2. The third-order valence-electron chi connectivity index (χ3n) is 6.41. The standard InChI is InChI=1S/C22H31N5O4/c1-14-12-26(22(29)30)13-15(2)27(14)11-10-24-20(28)19-16(6-5-9-23-19)21-25-17-7-3-4-8-18(17)31-21/h3-4,7-8,14-16,19,23H,5-6,9-13H2,1-2H3,(H,24,28)(H,29,30)/t14-,15+,16?,19-/m0/s1. The smallest absolute Gasteiger partial charge is 0.407 e. The summed E-state index contributed by atoms with van der Waals surface area (Å²) in [5, 5.41) is 15.7. The number of piperidine rings is 1. The number of amides is 2. The summed E-state index contributed by atoms with van der Waals surface area (Å²) in [6.07, 6.45) is 0.944. The number of fused-ring (bicyclic) bond motifs is 1. The van der Waals surface area contributed by atoms with Crippen LogP contribution in [-0.2, 0) is 4.79 Å². The van der Waals surface area contributed by atoms with E-state index < -0.39 is 6.09 Å². The first-order valence-corrected chi connectivity index (χ1v) is 11.0. The van der Waals surface area contributed by atoms with Gasteiger partial charge < -0.3 is 25.1 Å². The molecule has 1 unspecified atom stereocenters. The van der Waals surface area contributed by atoms with Gasteiger partial charge in [0, 0.05) is 38.3 Å². The minimum atomic E-state index is -0.875. The number of nitrogens with one attached hydrogen (secondary N) is 2. The van der Waals surface area contributed by atoms with Crippen molar-refractivity contribution in [2.45, 2.75) is 50.7 Å². The lowest BCUT2D eigenvalue weighted by Gasteiger charge is -2.43. The summed E-state index contributed by atoms with van der Waals surface area (Å²) in [6.45, 7) is 7.01. The molecule has 4 atom stereocenters. The first-order valence-electron chi connectivity index (χ1n) is 11.0. The number of aromatic nitrogens is 1. The summed E-state index contributed by atoms with van der Waals surface area (Å²) < 4.78 is 5.95. The van der Waals surface area contributed by atoms with Crippen molar-refractivity contribution in [3.05, 3.63) is 30.2 Å².